The van der Waals surface area contributed by atoms with Crippen molar-refractivity contribution in [2.75, 3.05) is 0 Å². The van der Waals surface area contributed by atoms with Crippen molar-refractivity contribution in [3.63, 3.8) is 0 Å². The van der Waals surface area contributed by atoms with Gasteiger partial charge in [-0.3, -0.25) is 0 Å². The summed E-state index contributed by atoms with van der Waals surface area (Å²) in [5, 5.41) is 0. The third-order valence-corrected chi connectivity index (χ3v) is 3.91. The maximum absolute atomic E-state index is 6.06. The average Bonchev–Trinajstić information content (AvgIpc) is 3.17. The molecule has 5 atom stereocenters. The molecule has 3 nitrogen and oxygen atoms in total. The molecule has 0 unspecified atom stereocenters. The van der Waals surface area contributed by atoms with Gasteiger partial charge in [0.2, 0.25) is 0 Å². The van der Waals surface area contributed by atoms with Crippen molar-refractivity contribution < 1.29 is 14.2 Å². The molecule has 2 aliphatic heterocycles. The molecule has 0 radical (unpaired) electrons. The molecule has 0 N–H and O–H groups in total. The Morgan fingerprint density at radius 3 is 2.67 bits per heavy atom. The molecule has 2 heterocycles. The normalized spacial score (nSPS) is 38.2. The van der Waals surface area contributed by atoms with E-state index in [9.17, 15) is 0 Å². The molecule has 0 saturated carbocycles. The molecular weight excluding hydrogens is 228 g/mol. The zero-order valence-electron chi connectivity index (χ0n) is 10.9. The van der Waals surface area contributed by atoms with Crippen molar-refractivity contribution in [1.29, 1.82) is 0 Å². The van der Waals surface area contributed by atoms with Gasteiger partial charge in [0, 0.05) is 5.92 Å². The van der Waals surface area contributed by atoms with Gasteiger partial charge in [-0.15, -0.1) is 0 Å². The average molecular weight is 248 g/mol. The predicted octanol–water partition coefficient (Wildman–Crippen LogP) is 2.74. The van der Waals surface area contributed by atoms with Crippen LogP contribution in [0.1, 0.15) is 25.8 Å². The van der Waals surface area contributed by atoms with Crippen molar-refractivity contribution in [2.45, 2.75) is 51.5 Å². The SMILES string of the molecule is CC[C@H]1O[C@@H]2O[C@@H]2[C@@H](OCc2ccccc2)[C@@H]1C. The van der Waals surface area contributed by atoms with E-state index >= 15 is 0 Å². The van der Waals surface area contributed by atoms with Gasteiger partial charge in [0.15, 0.2) is 6.29 Å². The fourth-order valence-electron chi connectivity index (χ4n) is 2.74. The summed E-state index contributed by atoms with van der Waals surface area (Å²) in [6.45, 7) is 5.00. The Morgan fingerprint density at radius 2 is 1.94 bits per heavy atom. The van der Waals surface area contributed by atoms with Gasteiger partial charge in [0.1, 0.15) is 6.10 Å². The van der Waals surface area contributed by atoms with E-state index in [0.717, 1.165) is 6.42 Å². The van der Waals surface area contributed by atoms with Crippen LogP contribution in [0.15, 0.2) is 30.3 Å². The van der Waals surface area contributed by atoms with Crippen molar-refractivity contribution >= 4 is 0 Å². The highest BCUT2D eigenvalue weighted by Crippen LogP contribution is 2.41. The van der Waals surface area contributed by atoms with Crippen LogP contribution in [-0.2, 0) is 20.8 Å². The van der Waals surface area contributed by atoms with E-state index in [4.69, 9.17) is 14.2 Å². The van der Waals surface area contributed by atoms with Gasteiger partial charge < -0.3 is 14.2 Å². The Hall–Kier alpha value is -0.900. The molecule has 0 spiro atoms. The number of rotatable bonds is 4. The second kappa shape index (κ2) is 5.00. The lowest BCUT2D eigenvalue weighted by Crippen LogP contribution is -2.42. The summed E-state index contributed by atoms with van der Waals surface area (Å²) in [4.78, 5) is 0. The van der Waals surface area contributed by atoms with E-state index < -0.39 is 0 Å². The van der Waals surface area contributed by atoms with Crippen LogP contribution in [0.4, 0.5) is 0 Å². The number of epoxide rings is 1. The molecule has 0 amide bonds. The van der Waals surface area contributed by atoms with Crippen LogP contribution >= 0.6 is 0 Å². The second-order valence-corrected chi connectivity index (χ2v) is 5.17. The summed E-state index contributed by atoms with van der Waals surface area (Å²) in [6, 6.07) is 10.3. The fourth-order valence-corrected chi connectivity index (χ4v) is 2.74. The standard InChI is InChI=1S/C15H20O3/c1-3-12-10(2)13(14-15(17-12)18-14)16-9-11-7-5-4-6-8-11/h4-8,10,12-15H,3,9H2,1-2H3/t10-,12-,13+,14-,15-/m1/s1. The number of hydrogen-bond donors (Lipinski definition) is 0. The van der Waals surface area contributed by atoms with Crippen LogP contribution in [0.5, 0.6) is 0 Å². The first-order valence-corrected chi connectivity index (χ1v) is 6.76. The van der Waals surface area contributed by atoms with Crippen LogP contribution in [-0.4, -0.2) is 24.6 Å². The van der Waals surface area contributed by atoms with Gasteiger partial charge in [-0.2, -0.15) is 0 Å². The maximum Gasteiger partial charge on any atom is 0.187 e. The van der Waals surface area contributed by atoms with Gasteiger partial charge in [0.05, 0.1) is 18.8 Å². The lowest BCUT2D eigenvalue weighted by atomic mass is 9.91. The molecule has 18 heavy (non-hydrogen) atoms. The summed E-state index contributed by atoms with van der Waals surface area (Å²) >= 11 is 0. The summed E-state index contributed by atoms with van der Waals surface area (Å²) in [7, 11) is 0. The third-order valence-electron chi connectivity index (χ3n) is 3.91. The largest absolute Gasteiger partial charge is 0.370 e. The van der Waals surface area contributed by atoms with Crippen molar-refractivity contribution in [2.24, 2.45) is 5.92 Å². The first kappa shape index (κ1) is 12.2. The van der Waals surface area contributed by atoms with Gasteiger partial charge >= 0.3 is 0 Å². The Balaban J connectivity index is 1.61. The zero-order chi connectivity index (χ0) is 12.5. The summed E-state index contributed by atoms with van der Waals surface area (Å²) in [6.07, 6.45) is 1.56. The quantitative estimate of drug-likeness (QED) is 0.768. The van der Waals surface area contributed by atoms with Crippen LogP contribution in [0.25, 0.3) is 0 Å². The molecule has 1 aromatic rings. The molecule has 3 heteroatoms. The van der Waals surface area contributed by atoms with E-state index in [2.05, 4.69) is 26.0 Å². The van der Waals surface area contributed by atoms with Gasteiger partial charge in [-0.1, -0.05) is 44.2 Å². The number of hydrogen-bond acceptors (Lipinski definition) is 3. The highest BCUT2D eigenvalue weighted by molar-refractivity contribution is 5.13. The monoisotopic (exact) mass is 248 g/mol. The third kappa shape index (κ3) is 2.30. The molecule has 0 aromatic heterocycles. The summed E-state index contributed by atoms with van der Waals surface area (Å²) < 4.78 is 17.4. The molecule has 1 aromatic carbocycles. The minimum atomic E-state index is -0.0214. The minimum Gasteiger partial charge on any atom is -0.370 e. The van der Waals surface area contributed by atoms with Crippen molar-refractivity contribution in [3.8, 4) is 0 Å². The molecule has 3 rings (SSSR count). The molecule has 98 valence electrons. The second-order valence-electron chi connectivity index (χ2n) is 5.17. The van der Waals surface area contributed by atoms with Gasteiger partial charge in [-0.25, -0.2) is 0 Å². The lowest BCUT2D eigenvalue weighted by Gasteiger charge is -2.32. The summed E-state index contributed by atoms with van der Waals surface area (Å²) in [5.74, 6) is 0.391. The molecule has 2 aliphatic rings. The maximum atomic E-state index is 6.06. The van der Waals surface area contributed by atoms with E-state index in [1.54, 1.807) is 0 Å². The Labute approximate surface area is 108 Å². The summed E-state index contributed by atoms with van der Waals surface area (Å²) in [5.41, 5.74) is 1.21. The van der Waals surface area contributed by atoms with Crippen LogP contribution in [0.3, 0.4) is 0 Å². The van der Waals surface area contributed by atoms with E-state index in [1.165, 1.54) is 5.56 Å². The highest BCUT2D eigenvalue weighted by atomic mass is 16.8. The number of fused-ring (bicyclic) bond motifs is 1. The Bertz CT molecular complexity index is 392. The van der Waals surface area contributed by atoms with Gasteiger partial charge in [0.25, 0.3) is 0 Å². The topological polar surface area (TPSA) is 31.0 Å². The number of ether oxygens (including phenoxy) is 3. The molecule has 2 saturated heterocycles. The molecule has 0 bridgehead atoms. The van der Waals surface area contributed by atoms with Crippen molar-refractivity contribution in [1.82, 2.24) is 0 Å². The minimum absolute atomic E-state index is 0.0214. The smallest absolute Gasteiger partial charge is 0.187 e. The van der Waals surface area contributed by atoms with Gasteiger partial charge in [-0.05, 0) is 12.0 Å². The first-order valence-electron chi connectivity index (χ1n) is 6.76. The number of benzene rings is 1. The molecule has 0 aliphatic carbocycles. The van der Waals surface area contributed by atoms with Crippen molar-refractivity contribution in [3.05, 3.63) is 35.9 Å². The molecule has 2 fully saturated rings. The Morgan fingerprint density at radius 1 is 1.17 bits per heavy atom. The fraction of sp³-hybridized carbons (Fsp3) is 0.600. The lowest BCUT2D eigenvalue weighted by molar-refractivity contribution is -0.110. The predicted molar refractivity (Wildman–Crippen MR) is 68.0 cm³/mol. The highest BCUT2D eigenvalue weighted by Gasteiger charge is 2.55. The zero-order valence-corrected chi connectivity index (χ0v) is 10.9. The van der Waals surface area contributed by atoms with Crippen LogP contribution < -0.4 is 0 Å². The van der Waals surface area contributed by atoms with E-state index in [0.29, 0.717) is 12.5 Å². The van der Waals surface area contributed by atoms with E-state index in [-0.39, 0.29) is 24.6 Å². The van der Waals surface area contributed by atoms with E-state index in [1.807, 2.05) is 18.2 Å². The Kier molecular flexibility index (Phi) is 3.37. The van der Waals surface area contributed by atoms with Crippen LogP contribution in [0.2, 0.25) is 0 Å². The first-order chi connectivity index (χ1) is 8.79. The van der Waals surface area contributed by atoms with Crippen LogP contribution in [0, 0.1) is 5.92 Å². The molecular formula is C15H20O3.